The lowest BCUT2D eigenvalue weighted by Crippen LogP contribution is -2.42. The summed E-state index contributed by atoms with van der Waals surface area (Å²) < 4.78 is 12.0. The molecule has 2 aromatic rings. The number of carboxylic acids is 1. The quantitative estimate of drug-likeness (QED) is 0.717. The molecule has 1 saturated heterocycles. The number of carboxylic acid groups (broad SMARTS) is 1. The molecule has 1 amide bonds. The van der Waals surface area contributed by atoms with Crippen molar-refractivity contribution in [2.24, 2.45) is 0 Å². The van der Waals surface area contributed by atoms with Gasteiger partial charge in [-0.05, 0) is 31.9 Å². The predicted octanol–water partition coefficient (Wildman–Crippen LogP) is 1.50. The molecule has 148 valence electrons. The second-order valence-corrected chi connectivity index (χ2v) is 6.21. The zero-order chi connectivity index (χ0) is 20.1. The lowest BCUT2D eigenvalue weighted by Gasteiger charge is -2.21. The van der Waals surface area contributed by atoms with Crippen molar-refractivity contribution in [3.05, 3.63) is 42.1 Å². The maximum atomic E-state index is 12.4. The van der Waals surface area contributed by atoms with Crippen LogP contribution in [0.5, 0.6) is 5.88 Å². The number of esters is 1. The van der Waals surface area contributed by atoms with E-state index in [4.69, 9.17) is 9.47 Å². The van der Waals surface area contributed by atoms with Gasteiger partial charge in [0.2, 0.25) is 5.88 Å². The Bertz CT molecular complexity index is 864. The number of aliphatic carboxylic acids is 1. The van der Waals surface area contributed by atoms with Crippen molar-refractivity contribution in [1.29, 1.82) is 0 Å². The number of benzene rings is 1. The van der Waals surface area contributed by atoms with E-state index in [0.717, 1.165) is 0 Å². The van der Waals surface area contributed by atoms with Gasteiger partial charge in [-0.1, -0.05) is 18.2 Å². The number of hydrogen-bond donors (Lipinski definition) is 1. The fourth-order valence-corrected chi connectivity index (χ4v) is 3.07. The van der Waals surface area contributed by atoms with E-state index in [9.17, 15) is 19.5 Å². The van der Waals surface area contributed by atoms with Crippen molar-refractivity contribution >= 4 is 17.8 Å². The van der Waals surface area contributed by atoms with Crippen LogP contribution in [0.4, 0.5) is 0 Å². The van der Waals surface area contributed by atoms with Crippen LogP contribution in [0.25, 0.3) is 5.69 Å². The molecule has 1 aromatic carbocycles. The third kappa shape index (κ3) is 4.13. The summed E-state index contributed by atoms with van der Waals surface area (Å²) in [4.78, 5) is 37.0. The fraction of sp³-hybridized carbons (Fsp3) is 0.368. The average Bonchev–Trinajstić information content (AvgIpc) is 3.34. The van der Waals surface area contributed by atoms with Crippen molar-refractivity contribution < 1.29 is 29.0 Å². The highest BCUT2D eigenvalue weighted by Gasteiger charge is 2.34. The largest absolute Gasteiger partial charge is 0.480 e. The summed E-state index contributed by atoms with van der Waals surface area (Å²) >= 11 is 0. The highest BCUT2D eigenvalue weighted by molar-refractivity contribution is 5.88. The molecular formula is C19H21N3O6. The molecule has 0 spiro atoms. The normalized spacial score (nSPS) is 16.0. The summed E-state index contributed by atoms with van der Waals surface area (Å²) in [5.74, 6) is -1.86. The Morgan fingerprint density at radius 3 is 2.68 bits per heavy atom. The van der Waals surface area contributed by atoms with E-state index in [2.05, 4.69) is 5.10 Å². The lowest BCUT2D eigenvalue weighted by molar-refractivity contribution is -0.149. The van der Waals surface area contributed by atoms with Gasteiger partial charge in [0.1, 0.15) is 6.04 Å². The zero-order valence-electron chi connectivity index (χ0n) is 15.4. The Morgan fingerprint density at radius 2 is 2.00 bits per heavy atom. The van der Waals surface area contributed by atoms with Gasteiger partial charge in [-0.15, -0.1) is 0 Å². The molecule has 1 aliphatic rings. The first-order valence-corrected chi connectivity index (χ1v) is 8.99. The number of aromatic nitrogens is 2. The van der Waals surface area contributed by atoms with Gasteiger partial charge >= 0.3 is 11.9 Å². The second-order valence-electron chi connectivity index (χ2n) is 6.21. The molecule has 2 heterocycles. The monoisotopic (exact) mass is 387 g/mol. The molecule has 28 heavy (non-hydrogen) atoms. The highest BCUT2D eigenvalue weighted by atomic mass is 16.5. The van der Waals surface area contributed by atoms with E-state index in [1.165, 1.54) is 15.6 Å². The molecule has 0 aliphatic carbocycles. The second kappa shape index (κ2) is 8.55. The maximum Gasteiger partial charge on any atom is 0.358 e. The van der Waals surface area contributed by atoms with E-state index in [0.29, 0.717) is 25.1 Å². The van der Waals surface area contributed by atoms with Crippen molar-refractivity contribution in [2.45, 2.75) is 25.8 Å². The van der Waals surface area contributed by atoms with E-state index >= 15 is 0 Å². The molecule has 9 nitrogen and oxygen atoms in total. The average molecular weight is 387 g/mol. The van der Waals surface area contributed by atoms with Crippen LogP contribution in [-0.4, -0.2) is 63.4 Å². The number of amides is 1. The van der Waals surface area contributed by atoms with Gasteiger partial charge in [-0.25, -0.2) is 14.3 Å². The van der Waals surface area contributed by atoms with Gasteiger partial charge < -0.3 is 19.5 Å². The summed E-state index contributed by atoms with van der Waals surface area (Å²) in [6.45, 7) is 1.92. The summed E-state index contributed by atoms with van der Waals surface area (Å²) in [5, 5.41) is 13.4. The molecule has 9 heteroatoms. The predicted molar refractivity (Wildman–Crippen MR) is 97.4 cm³/mol. The highest BCUT2D eigenvalue weighted by Crippen LogP contribution is 2.22. The Kier molecular flexibility index (Phi) is 5.93. The van der Waals surface area contributed by atoms with Crippen molar-refractivity contribution in [3.8, 4) is 11.6 Å². The molecule has 1 N–H and O–H groups in total. The number of carbonyl (C=O) groups excluding carboxylic acids is 2. The molecule has 1 aliphatic heterocycles. The maximum absolute atomic E-state index is 12.4. The molecule has 3 rings (SSSR count). The van der Waals surface area contributed by atoms with Gasteiger partial charge in [-0.3, -0.25) is 4.79 Å². The number of rotatable bonds is 7. The molecule has 1 atom stereocenters. The smallest absolute Gasteiger partial charge is 0.358 e. The minimum Gasteiger partial charge on any atom is -0.480 e. The topological polar surface area (TPSA) is 111 Å². The summed E-state index contributed by atoms with van der Waals surface area (Å²) in [6, 6.07) is 9.56. The SMILES string of the molecule is CCOC(=O)c1cc(OCC(=O)N2CCCC2C(=O)O)n(-c2ccccc2)n1. The minimum absolute atomic E-state index is 0.0535. The first kappa shape index (κ1) is 19.4. The molecule has 0 saturated carbocycles. The minimum atomic E-state index is -1.02. The molecule has 1 unspecified atom stereocenters. The van der Waals surface area contributed by atoms with Gasteiger partial charge in [0.15, 0.2) is 12.3 Å². The van der Waals surface area contributed by atoms with Gasteiger partial charge in [0.25, 0.3) is 5.91 Å². The number of carbonyl (C=O) groups is 3. The van der Waals surface area contributed by atoms with E-state index in [1.807, 2.05) is 6.07 Å². The number of para-hydroxylation sites is 1. The molecule has 0 bridgehead atoms. The van der Waals surface area contributed by atoms with Crippen molar-refractivity contribution in [2.75, 3.05) is 19.8 Å². The first-order valence-electron chi connectivity index (χ1n) is 8.99. The fourth-order valence-electron chi connectivity index (χ4n) is 3.07. The zero-order valence-corrected chi connectivity index (χ0v) is 15.4. The van der Waals surface area contributed by atoms with E-state index in [-0.39, 0.29) is 24.8 Å². The van der Waals surface area contributed by atoms with Crippen LogP contribution in [0.2, 0.25) is 0 Å². The van der Waals surface area contributed by atoms with Crippen LogP contribution in [0.15, 0.2) is 36.4 Å². The Morgan fingerprint density at radius 1 is 1.25 bits per heavy atom. The Labute approximate surface area is 161 Å². The number of ether oxygens (including phenoxy) is 2. The van der Waals surface area contributed by atoms with E-state index in [1.54, 1.807) is 31.2 Å². The van der Waals surface area contributed by atoms with Crippen LogP contribution >= 0.6 is 0 Å². The lowest BCUT2D eigenvalue weighted by atomic mass is 10.2. The van der Waals surface area contributed by atoms with Crippen LogP contribution in [0.1, 0.15) is 30.3 Å². The van der Waals surface area contributed by atoms with E-state index < -0.39 is 23.9 Å². The molecule has 1 fully saturated rings. The van der Waals surface area contributed by atoms with Crippen LogP contribution in [0, 0.1) is 0 Å². The third-order valence-corrected chi connectivity index (χ3v) is 4.36. The number of nitrogens with zero attached hydrogens (tertiary/aromatic N) is 3. The summed E-state index contributed by atoms with van der Waals surface area (Å²) in [5.41, 5.74) is 0.697. The molecular weight excluding hydrogens is 366 g/mol. The first-order chi connectivity index (χ1) is 13.5. The van der Waals surface area contributed by atoms with Crippen LogP contribution in [0.3, 0.4) is 0 Å². The van der Waals surface area contributed by atoms with Gasteiger partial charge in [0.05, 0.1) is 12.3 Å². The standard InChI is InChI=1S/C19H21N3O6/c1-2-27-19(26)14-11-17(22(20-14)13-7-4-3-5-8-13)28-12-16(23)21-10-6-9-15(21)18(24)25/h3-5,7-8,11,15H,2,6,9-10,12H2,1H3,(H,24,25). The van der Waals surface area contributed by atoms with Crippen molar-refractivity contribution in [3.63, 3.8) is 0 Å². The summed E-state index contributed by atoms with van der Waals surface area (Å²) in [6.07, 6.45) is 1.06. The molecule has 0 radical (unpaired) electrons. The third-order valence-electron chi connectivity index (χ3n) is 4.36. The van der Waals surface area contributed by atoms with Gasteiger partial charge in [0, 0.05) is 12.6 Å². The number of hydrogen-bond acceptors (Lipinski definition) is 6. The van der Waals surface area contributed by atoms with Gasteiger partial charge in [-0.2, -0.15) is 5.10 Å². The molecule has 1 aromatic heterocycles. The summed E-state index contributed by atoms with van der Waals surface area (Å²) in [7, 11) is 0. The number of likely N-dealkylation sites (tertiary alicyclic amines) is 1. The van der Waals surface area contributed by atoms with Crippen LogP contribution in [-0.2, 0) is 14.3 Å². The van der Waals surface area contributed by atoms with Crippen LogP contribution < -0.4 is 4.74 Å². The Balaban J connectivity index is 1.79. The van der Waals surface area contributed by atoms with Crippen molar-refractivity contribution in [1.82, 2.24) is 14.7 Å². The Hall–Kier alpha value is -3.36.